The number of hydrogen-bond acceptors (Lipinski definition) is 4. The van der Waals surface area contributed by atoms with Crippen LogP contribution in [0.2, 0.25) is 0 Å². The number of methoxy groups -OCH3 is 1. The van der Waals surface area contributed by atoms with Gasteiger partial charge in [-0.3, -0.25) is 0 Å². The molecule has 2 heterocycles. The number of nitrogens with zero attached hydrogens (tertiary/aromatic N) is 1. The summed E-state index contributed by atoms with van der Waals surface area (Å²) in [5.74, 6) is -0.0479. The van der Waals surface area contributed by atoms with Crippen molar-refractivity contribution in [1.29, 1.82) is 0 Å². The predicted octanol–water partition coefficient (Wildman–Crippen LogP) is 3.61. The number of aromatic nitrogens is 2. The quantitative estimate of drug-likeness (QED) is 0.647. The number of allylic oxidation sites excluding steroid dienone is 1. The Bertz CT molecular complexity index is 737. The molecule has 2 aromatic rings. The van der Waals surface area contributed by atoms with Gasteiger partial charge in [0.2, 0.25) is 0 Å². The van der Waals surface area contributed by atoms with E-state index in [0.29, 0.717) is 11.5 Å². The van der Waals surface area contributed by atoms with Crippen molar-refractivity contribution < 1.29 is 37.7 Å². The topological polar surface area (TPSA) is 55.0 Å². The van der Waals surface area contributed by atoms with Crippen LogP contribution in [-0.4, -0.2) is 27.4 Å². The SMILES string of the molecule is COC(=O)c1cc(-c2cnc(/C=C(/C)[CH]=[W])[nH]2)c(C(F)F)s1. The zero-order valence-corrected chi connectivity index (χ0v) is 15.5. The Morgan fingerprint density at radius 1 is 1.55 bits per heavy atom. The first-order valence-corrected chi connectivity index (χ1v) is 8.66. The third kappa shape index (κ3) is 3.65. The van der Waals surface area contributed by atoms with Crippen molar-refractivity contribution in [3.63, 3.8) is 0 Å². The number of thiophene rings is 1. The molecule has 0 aromatic carbocycles. The number of hydrogen-bond donors (Lipinski definition) is 1. The third-order valence-electron chi connectivity index (χ3n) is 2.78. The number of alkyl halides is 2. The number of halogens is 2. The van der Waals surface area contributed by atoms with E-state index in [1.54, 1.807) is 0 Å². The summed E-state index contributed by atoms with van der Waals surface area (Å²) in [6.45, 7) is 1.93. The summed E-state index contributed by atoms with van der Waals surface area (Å²) in [6.07, 6.45) is 0.637. The van der Waals surface area contributed by atoms with E-state index in [0.717, 1.165) is 16.9 Å². The van der Waals surface area contributed by atoms with Gasteiger partial charge in [-0.2, -0.15) is 0 Å². The molecule has 0 aliphatic carbocycles. The van der Waals surface area contributed by atoms with Crippen LogP contribution in [0.15, 0.2) is 17.8 Å². The monoisotopic (exact) mass is 494 g/mol. The number of esters is 1. The number of rotatable bonds is 5. The van der Waals surface area contributed by atoms with Gasteiger partial charge in [-0.1, -0.05) is 0 Å². The fourth-order valence-corrected chi connectivity index (χ4v) is 2.97. The van der Waals surface area contributed by atoms with Gasteiger partial charge in [0.15, 0.2) is 0 Å². The van der Waals surface area contributed by atoms with E-state index >= 15 is 0 Å². The summed E-state index contributed by atoms with van der Waals surface area (Å²) in [5, 5.41) is 0. The van der Waals surface area contributed by atoms with Gasteiger partial charge in [0.25, 0.3) is 0 Å². The normalized spacial score (nSPS) is 11.8. The van der Waals surface area contributed by atoms with Crippen LogP contribution in [0.5, 0.6) is 0 Å². The molecule has 0 bridgehead atoms. The van der Waals surface area contributed by atoms with Crippen molar-refractivity contribution in [2.45, 2.75) is 13.3 Å². The molecule has 2 aromatic heterocycles. The fraction of sp³-hybridized carbons (Fsp3) is 0.214. The number of carbonyl (C=O) groups excluding carboxylic acids is 1. The summed E-state index contributed by atoms with van der Waals surface area (Å²) < 4.78 is 32.9. The van der Waals surface area contributed by atoms with Crippen molar-refractivity contribution in [2.75, 3.05) is 7.11 Å². The van der Waals surface area contributed by atoms with Crippen molar-refractivity contribution in [1.82, 2.24) is 9.97 Å². The molecule has 2 rings (SSSR count). The molecule has 0 aliphatic rings. The van der Waals surface area contributed by atoms with Crippen LogP contribution in [-0.2, 0) is 24.1 Å². The molecule has 4 nitrogen and oxygen atoms in total. The van der Waals surface area contributed by atoms with E-state index in [-0.39, 0.29) is 15.3 Å². The van der Waals surface area contributed by atoms with Crippen LogP contribution in [0, 0.1) is 0 Å². The molecule has 0 amide bonds. The zero-order chi connectivity index (χ0) is 16.3. The maximum absolute atomic E-state index is 13.2. The van der Waals surface area contributed by atoms with E-state index in [1.165, 1.54) is 38.7 Å². The van der Waals surface area contributed by atoms with Gasteiger partial charge in [0.05, 0.1) is 0 Å². The van der Waals surface area contributed by atoms with Gasteiger partial charge in [-0.05, 0) is 0 Å². The van der Waals surface area contributed by atoms with Crippen LogP contribution in [0.1, 0.15) is 33.7 Å². The van der Waals surface area contributed by atoms with Crippen LogP contribution in [0.4, 0.5) is 8.78 Å². The number of carbonyl (C=O) groups is 1. The second-order valence-electron chi connectivity index (χ2n) is 4.37. The van der Waals surface area contributed by atoms with Gasteiger partial charge < -0.3 is 0 Å². The summed E-state index contributed by atoms with van der Waals surface area (Å²) in [4.78, 5) is 18.6. The van der Waals surface area contributed by atoms with Crippen molar-refractivity contribution in [3.8, 4) is 11.3 Å². The van der Waals surface area contributed by atoms with Gasteiger partial charge in [0, 0.05) is 0 Å². The number of imidazole rings is 1. The van der Waals surface area contributed by atoms with E-state index < -0.39 is 12.4 Å². The zero-order valence-electron chi connectivity index (χ0n) is 11.7. The molecule has 0 unspecified atom stereocenters. The summed E-state index contributed by atoms with van der Waals surface area (Å²) in [5.41, 5.74) is 1.76. The first-order chi connectivity index (χ1) is 10.5. The Morgan fingerprint density at radius 2 is 2.27 bits per heavy atom. The molecule has 0 fully saturated rings. The van der Waals surface area contributed by atoms with Crippen LogP contribution >= 0.6 is 11.3 Å². The van der Waals surface area contributed by atoms with Crippen LogP contribution in [0.3, 0.4) is 0 Å². The Hall–Kier alpha value is -1.46. The number of aromatic amines is 1. The van der Waals surface area contributed by atoms with E-state index in [1.807, 2.05) is 17.4 Å². The molecule has 0 saturated carbocycles. The number of nitrogens with one attached hydrogen (secondary N) is 1. The van der Waals surface area contributed by atoms with Gasteiger partial charge >= 0.3 is 141 Å². The molecule has 0 saturated heterocycles. The molecule has 22 heavy (non-hydrogen) atoms. The Kier molecular flexibility index (Phi) is 5.53. The maximum atomic E-state index is 13.2. The van der Waals surface area contributed by atoms with Crippen molar-refractivity contribution >= 4 is 27.8 Å². The van der Waals surface area contributed by atoms with Gasteiger partial charge in [-0.25, -0.2) is 0 Å². The standard InChI is InChI=1S/C14H12F2N2O2S.W/c1-7(2)4-11-17-6-9(18-11)8-5-10(14(19)20-3)21-12(8)13(15)16;/h1,4-6,13H,2-3H3,(H,17,18);/b7-4+;. The van der Waals surface area contributed by atoms with Gasteiger partial charge in [-0.15, -0.1) is 0 Å². The predicted molar refractivity (Wildman–Crippen MR) is 77.9 cm³/mol. The number of ether oxygens (including phenoxy) is 1. The summed E-state index contributed by atoms with van der Waals surface area (Å²) in [7, 11) is 1.22. The summed E-state index contributed by atoms with van der Waals surface area (Å²) in [6, 6.07) is 1.40. The Labute approximate surface area is 140 Å². The molecule has 1 N–H and O–H groups in total. The summed E-state index contributed by atoms with van der Waals surface area (Å²) >= 11 is 2.05. The van der Waals surface area contributed by atoms with E-state index in [9.17, 15) is 13.6 Å². The fourth-order valence-electron chi connectivity index (χ4n) is 1.78. The molecule has 8 heteroatoms. The third-order valence-corrected chi connectivity index (χ3v) is 5.24. The average Bonchev–Trinajstić information content (AvgIpc) is 3.12. The molecule has 0 atom stereocenters. The van der Waals surface area contributed by atoms with Gasteiger partial charge in [0.1, 0.15) is 0 Å². The first-order valence-electron chi connectivity index (χ1n) is 6.15. The second-order valence-corrected chi connectivity index (χ2v) is 6.30. The minimum absolute atomic E-state index is 0.140. The molecule has 0 aliphatic heterocycles. The molecular formula is C14H12F2N2O2SW. The van der Waals surface area contributed by atoms with Crippen molar-refractivity contribution in [3.05, 3.63) is 33.4 Å². The van der Waals surface area contributed by atoms with E-state index in [4.69, 9.17) is 0 Å². The Balaban J connectivity index is 2.45. The second kappa shape index (κ2) is 7.20. The Morgan fingerprint density at radius 3 is 2.86 bits per heavy atom. The van der Waals surface area contributed by atoms with E-state index in [2.05, 4.69) is 14.7 Å². The molecule has 116 valence electrons. The van der Waals surface area contributed by atoms with Crippen molar-refractivity contribution in [2.24, 2.45) is 0 Å². The molecule has 0 spiro atoms. The average molecular weight is 494 g/mol. The first kappa shape index (κ1) is 16.9. The van der Waals surface area contributed by atoms with Crippen LogP contribution in [0.25, 0.3) is 17.3 Å². The molecule has 0 radical (unpaired) electrons. The minimum atomic E-state index is -2.67. The van der Waals surface area contributed by atoms with Crippen LogP contribution < -0.4 is 0 Å². The molecular weight excluding hydrogens is 482 g/mol. The number of H-pyrrole nitrogens is 1.